The maximum absolute atomic E-state index is 14.0. The van der Waals surface area contributed by atoms with Gasteiger partial charge in [0.2, 0.25) is 17.7 Å². The lowest BCUT2D eigenvalue weighted by Crippen LogP contribution is -2.57. The highest BCUT2D eigenvalue weighted by atomic mass is 16.5. The highest BCUT2D eigenvalue weighted by Crippen LogP contribution is 2.55. The zero-order valence-electron chi connectivity index (χ0n) is 21.9. The van der Waals surface area contributed by atoms with Crippen molar-refractivity contribution in [2.45, 2.75) is 81.8 Å². The van der Waals surface area contributed by atoms with Gasteiger partial charge >= 0.3 is 0 Å². The third-order valence-electron chi connectivity index (χ3n) is 8.73. The molecular formula is C29H37N3O6. The molecule has 6 rings (SSSR count). The zero-order valence-corrected chi connectivity index (χ0v) is 21.9. The van der Waals surface area contributed by atoms with Gasteiger partial charge in [-0.05, 0) is 56.9 Å². The van der Waals surface area contributed by atoms with Crippen molar-refractivity contribution in [3.63, 3.8) is 0 Å². The van der Waals surface area contributed by atoms with E-state index >= 15 is 0 Å². The monoisotopic (exact) mass is 523 g/mol. The van der Waals surface area contributed by atoms with E-state index in [0.29, 0.717) is 25.4 Å². The van der Waals surface area contributed by atoms with Crippen molar-refractivity contribution < 1.29 is 28.6 Å². The summed E-state index contributed by atoms with van der Waals surface area (Å²) in [6.45, 7) is 3.46. The second-order valence-electron chi connectivity index (χ2n) is 11.1. The summed E-state index contributed by atoms with van der Waals surface area (Å²) in [5.74, 6) is -1.44. The number of carbonyl (C=O) groups excluding carboxylic acids is 3. The van der Waals surface area contributed by atoms with Crippen LogP contribution in [0.25, 0.3) is 0 Å². The predicted octanol–water partition coefficient (Wildman–Crippen LogP) is 2.80. The fourth-order valence-corrected chi connectivity index (χ4v) is 7.03. The normalized spacial score (nSPS) is 34.0. The molecule has 1 spiro atoms. The molecule has 204 valence electrons. The van der Waals surface area contributed by atoms with Crippen molar-refractivity contribution in [2.24, 2.45) is 11.8 Å². The number of nitrogens with zero attached hydrogens (tertiary/aromatic N) is 1. The molecule has 1 aromatic rings. The van der Waals surface area contributed by atoms with E-state index < -0.39 is 29.6 Å². The molecule has 0 aromatic heterocycles. The first-order chi connectivity index (χ1) is 18.5. The lowest BCUT2D eigenvalue weighted by atomic mass is 9.74. The van der Waals surface area contributed by atoms with Crippen molar-refractivity contribution in [3.8, 4) is 5.75 Å². The summed E-state index contributed by atoms with van der Waals surface area (Å²) >= 11 is 0. The molecule has 1 aliphatic carbocycles. The molecule has 38 heavy (non-hydrogen) atoms. The first-order valence-corrected chi connectivity index (χ1v) is 14.1. The van der Waals surface area contributed by atoms with E-state index in [1.807, 2.05) is 19.1 Å². The number of nitrogens with one attached hydrogen (secondary N) is 2. The minimum absolute atomic E-state index is 0.104. The Kier molecular flexibility index (Phi) is 6.90. The molecule has 5 aliphatic rings. The van der Waals surface area contributed by atoms with Crippen LogP contribution < -0.4 is 15.4 Å². The molecule has 9 nitrogen and oxygen atoms in total. The maximum Gasteiger partial charge on any atom is 0.246 e. The summed E-state index contributed by atoms with van der Waals surface area (Å²) in [6.07, 6.45) is 10.1. The second kappa shape index (κ2) is 10.3. The van der Waals surface area contributed by atoms with Crippen molar-refractivity contribution >= 4 is 23.4 Å². The topological polar surface area (TPSA) is 106 Å². The van der Waals surface area contributed by atoms with Crippen molar-refractivity contribution in [3.05, 3.63) is 36.4 Å². The highest BCUT2D eigenvalue weighted by Gasteiger charge is 2.73. The standard InChI is InChI=1S/C29H37N3O6/c1-2-36-20-12-10-19(11-13-20)30-26(33)23-22-14-15-29(38-22)24(23)28(35)32(17-21-9-6-16-37-21)25(29)27(34)31-18-7-4-3-5-8-18/h10-15,18,21-25H,2-9,16-17H2,1H3,(H,30,33)(H,31,34). The smallest absolute Gasteiger partial charge is 0.246 e. The molecular weight excluding hydrogens is 486 g/mol. The number of benzene rings is 1. The Morgan fingerprint density at radius 3 is 2.58 bits per heavy atom. The highest BCUT2D eigenvalue weighted by molar-refractivity contribution is 6.02. The SMILES string of the molecule is CCOc1ccc(NC(=O)C2C3C=CC4(O3)C2C(=O)N(CC2CCCO2)C4C(=O)NC2CCCCC2)cc1. The molecule has 2 N–H and O–H groups in total. The molecule has 9 heteroatoms. The number of hydrogen-bond acceptors (Lipinski definition) is 6. The molecule has 4 heterocycles. The number of carbonyl (C=O) groups is 3. The van der Waals surface area contributed by atoms with E-state index in [2.05, 4.69) is 10.6 Å². The van der Waals surface area contributed by atoms with Crippen molar-refractivity contribution in [2.75, 3.05) is 25.1 Å². The first kappa shape index (κ1) is 25.4. The Bertz CT molecular complexity index is 1090. The maximum atomic E-state index is 14.0. The summed E-state index contributed by atoms with van der Waals surface area (Å²) in [7, 11) is 0. The van der Waals surface area contributed by atoms with Crippen molar-refractivity contribution in [1.29, 1.82) is 0 Å². The number of rotatable bonds is 8. The molecule has 1 aromatic carbocycles. The summed E-state index contributed by atoms with van der Waals surface area (Å²) in [4.78, 5) is 43.1. The fourth-order valence-electron chi connectivity index (χ4n) is 7.03. The summed E-state index contributed by atoms with van der Waals surface area (Å²) < 4.78 is 17.8. The van der Waals surface area contributed by atoms with E-state index in [4.69, 9.17) is 14.2 Å². The van der Waals surface area contributed by atoms with Crippen molar-refractivity contribution in [1.82, 2.24) is 10.2 Å². The van der Waals surface area contributed by atoms with Crippen LogP contribution in [0.1, 0.15) is 51.9 Å². The molecule has 4 aliphatic heterocycles. The molecule has 4 fully saturated rings. The van der Waals surface area contributed by atoms with Gasteiger partial charge in [-0.15, -0.1) is 0 Å². The van der Waals surface area contributed by atoms with Gasteiger partial charge in [0.1, 0.15) is 17.4 Å². The van der Waals surface area contributed by atoms with Crippen LogP contribution in [0, 0.1) is 11.8 Å². The Hall–Kier alpha value is -2.91. The van der Waals surface area contributed by atoms with Crippen LogP contribution in [0.5, 0.6) is 5.75 Å². The number of anilines is 1. The summed E-state index contributed by atoms with van der Waals surface area (Å²) in [6, 6.07) is 6.44. The molecule has 3 amide bonds. The van der Waals surface area contributed by atoms with Crippen LogP contribution in [-0.4, -0.2) is 72.3 Å². The Morgan fingerprint density at radius 1 is 1.08 bits per heavy atom. The van der Waals surface area contributed by atoms with Crippen LogP contribution in [0.4, 0.5) is 5.69 Å². The van der Waals surface area contributed by atoms with Gasteiger partial charge in [0, 0.05) is 24.9 Å². The number of ether oxygens (including phenoxy) is 3. The Balaban J connectivity index is 1.26. The van der Waals surface area contributed by atoms with Gasteiger partial charge in [0.15, 0.2) is 0 Å². The molecule has 6 atom stereocenters. The van der Waals surface area contributed by atoms with Gasteiger partial charge < -0.3 is 29.7 Å². The molecule has 0 radical (unpaired) electrons. The fraction of sp³-hybridized carbons (Fsp3) is 0.621. The summed E-state index contributed by atoms with van der Waals surface area (Å²) in [5, 5.41) is 6.19. The zero-order chi connectivity index (χ0) is 26.3. The van der Waals surface area contributed by atoms with Gasteiger partial charge in [-0.25, -0.2) is 0 Å². The van der Waals surface area contributed by atoms with Gasteiger partial charge in [0.25, 0.3) is 0 Å². The number of fused-ring (bicyclic) bond motifs is 1. The average Bonchev–Trinajstić information content (AvgIpc) is 3.69. The van der Waals surface area contributed by atoms with Crippen LogP contribution in [0.15, 0.2) is 36.4 Å². The largest absolute Gasteiger partial charge is 0.494 e. The lowest BCUT2D eigenvalue weighted by Gasteiger charge is -2.34. The van der Waals surface area contributed by atoms with E-state index in [1.165, 1.54) is 6.42 Å². The van der Waals surface area contributed by atoms with E-state index in [0.717, 1.165) is 44.3 Å². The third-order valence-corrected chi connectivity index (χ3v) is 8.73. The summed E-state index contributed by atoms with van der Waals surface area (Å²) in [5.41, 5.74) is -0.535. The number of likely N-dealkylation sites (tertiary alicyclic amines) is 1. The van der Waals surface area contributed by atoms with Crippen LogP contribution in [-0.2, 0) is 23.9 Å². The van der Waals surface area contributed by atoms with Gasteiger partial charge in [-0.1, -0.05) is 31.4 Å². The van der Waals surface area contributed by atoms with Gasteiger partial charge in [0.05, 0.1) is 30.7 Å². The number of hydrogen-bond donors (Lipinski definition) is 2. The molecule has 1 saturated carbocycles. The lowest BCUT2D eigenvalue weighted by molar-refractivity contribution is -0.143. The Morgan fingerprint density at radius 2 is 1.87 bits per heavy atom. The molecule has 2 bridgehead atoms. The third kappa shape index (κ3) is 4.39. The second-order valence-corrected chi connectivity index (χ2v) is 11.1. The molecule has 6 unspecified atom stereocenters. The van der Waals surface area contributed by atoms with Gasteiger partial charge in [-0.2, -0.15) is 0 Å². The van der Waals surface area contributed by atoms with Crippen LogP contribution in [0.2, 0.25) is 0 Å². The van der Waals surface area contributed by atoms with E-state index in [-0.39, 0.29) is 29.9 Å². The van der Waals surface area contributed by atoms with E-state index in [1.54, 1.807) is 29.2 Å². The quantitative estimate of drug-likeness (QED) is 0.508. The van der Waals surface area contributed by atoms with Crippen LogP contribution in [0.3, 0.4) is 0 Å². The van der Waals surface area contributed by atoms with Crippen LogP contribution >= 0.6 is 0 Å². The molecule has 3 saturated heterocycles. The number of amides is 3. The minimum Gasteiger partial charge on any atom is -0.494 e. The van der Waals surface area contributed by atoms with E-state index in [9.17, 15) is 14.4 Å². The minimum atomic E-state index is -1.15. The first-order valence-electron chi connectivity index (χ1n) is 14.1. The Labute approximate surface area is 223 Å². The average molecular weight is 524 g/mol. The van der Waals surface area contributed by atoms with Gasteiger partial charge in [-0.3, -0.25) is 14.4 Å². The predicted molar refractivity (Wildman–Crippen MR) is 139 cm³/mol.